The highest BCUT2D eigenvalue weighted by atomic mass is 16.1. The van der Waals surface area contributed by atoms with Crippen molar-refractivity contribution in [2.24, 2.45) is 11.8 Å². The van der Waals surface area contributed by atoms with Crippen LogP contribution in [0.3, 0.4) is 0 Å². The van der Waals surface area contributed by atoms with Gasteiger partial charge in [0.15, 0.2) is 0 Å². The lowest BCUT2D eigenvalue weighted by Crippen LogP contribution is -2.33. The quantitative estimate of drug-likeness (QED) is 0.884. The van der Waals surface area contributed by atoms with Crippen LogP contribution < -0.4 is 10.6 Å². The second-order valence-corrected chi connectivity index (χ2v) is 6.26. The van der Waals surface area contributed by atoms with Crippen LogP contribution in [0.5, 0.6) is 0 Å². The Morgan fingerprint density at radius 2 is 2.00 bits per heavy atom. The summed E-state index contributed by atoms with van der Waals surface area (Å²) in [5, 5.41) is 6.34. The lowest BCUT2D eigenvalue weighted by Gasteiger charge is -2.34. The third-order valence-electron chi connectivity index (χ3n) is 4.51. The van der Waals surface area contributed by atoms with Gasteiger partial charge in [0.2, 0.25) is 0 Å². The molecule has 2 rings (SSSR count). The third-order valence-corrected chi connectivity index (χ3v) is 4.51. The molecule has 110 valence electrons. The summed E-state index contributed by atoms with van der Waals surface area (Å²) in [6.45, 7) is 6.73. The lowest BCUT2D eigenvalue weighted by atomic mass is 9.80. The van der Waals surface area contributed by atoms with Gasteiger partial charge in [0, 0.05) is 24.3 Å². The van der Waals surface area contributed by atoms with E-state index in [-0.39, 0.29) is 5.91 Å². The summed E-state index contributed by atoms with van der Waals surface area (Å²) in [7, 11) is 1.66. The number of nitrogens with one attached hydrogen (secondary N) is 2. The van der Waals surface area contributed by atoms with Gasteiger partial charge in [-0.15, -0.1) is 0 Å². The van der Waals surface area contributed by atoms with Gasteiger partial charge in [0.1, 0.15) is 0 Å². The molecule has 20 heavy (non-hydrogen) atoms. The second-order valence-electron chi connectivity index (χ2n) is 6.26. The Kier molecular flexibility index (Phi) is 4.69. The van der Waals surface area contributed by atoms with E-state index in [0.29, 0.717) is 12.0 Å². The molecule has 0 radical (unpaired) electrons. The van der Waals surface area contributed by atoms with Crippen LogP contribution in [-0.2, 0) is 0 Å². The third kappa shape index (κ3) is 3.33. The highest BCUT2D eigenvalue weighted by Gasteiger charge is 2.25. The van der Waals surface area contributed by atoms with Gasteiger partial charge in [-0.25, -0.2) is 0 Å². The van der Waals surface area contributed by atoms with Crippen LogP contribution in [0.2, 0.25) is 0 Å². The van der Waals surface area contributed by atoms with Gasteiger partial charge in [-0.05, 0) is 55.4 Å². The Morgan fingerprint density at radius 1 is 1.25 bits per heavy atom. The molecule has 1 amide bonds. The van der Waals surface area contributed by atoms with Crippen LogP contribution in [0.1, 0.15) is 49.0 Å². The van der Waals surface area contributed by atoms with Crippen molar-refractivity contribution in [3.8, 4) is 0 Å². The zero-order valence-electron chi connectivity index (χ0n) is 13.0. The van der Waals surface area contributed by atoms with Crippen molar-refractivity contribution in [1.82, 2.24) is 5.32 Å². The number of rotatable bonds is 3. The predicted molar refractivity (Wildman–Crippen MR) is 84.2 cm³/mol. The Hall–Kier alpha value is -1.51. The second kappa shape index (κ2) is 6.29. The molecule has 3 atom stereocenters. The van der Waals surface area contributed by atoms with Crippen molar-refractivity contribution >= 4 is 11.6 Å². The lowest BCUT2D eigenvalue weighted by molar-refractivity contribution is 0.0963. The van der Waals surface area contributed by atoms with E-state index in [1.165, 1.54) is 19.3 Å². The highest BCUT2D eigenvalue weighted by Crippen LogP contribution is 2.31. The average Bonchev–Trinajstić information content (AvgIpc) is 2.44. The number of aryl methyl sites for hydroxylation is 1. The van der Waals surface area contributed by atoms with Crippen LogP contribution in [0, 0.1) is 18.8 Å². The summed E-state index contributed by atoms with van der Waals surface area (Å²) >= 11 is 0. The number of amides is 1. The molecule has 1 fully saturated rings. The minimum atomic E-state index is -0.0284. The summed E-state index contributed by atoms with van der Waals surface area (Å²) in [4.78, 5) is 11.6. The molecule has 3 nitrogen and oxygen atoms in total. The van der Waals surface area contributed by atoms with Gasteiger partial charge in [-0.3, -0.25) is 4.79 Å². The van der Waals surface area contributed by atoms with Gasteiger partial charge in [-0.1, -0.05) is 20.3 Å². The summed E-state index contributed by atoms with van der Waals surface area (Å²) in [6, 6.07) is 6.43. The Morgan fingerprint density at radius 3 is 2.65 bits per heavy atom. The first-order valence-electron chi connectivity index (χ1n) is 7.60. The Balaban J connectivity index is 2.11. The molecule has 1 aliphatic rings. The Labute approximate surface area is 122 Å². The van der Waals surface area contributed by atoms with Gasteiger partial charge in [0.05, 0.1) is 0 Å². The van der Waals surface area contributed by atoms with Crippen molar-refractivity contribution in [2.75, 3.05) is 12.4 Å². The van der Waals surface area contributed by atoms with Crippen LogP contribution >= 0.6 is 0 Å². The maximum atomic E-state index is 11.6. The summed E-state index contributed by atoms with van der Waals surface area (Å²) < 4.78 is 0. The van der Waals surface area contributed by atoms with Gasteiger partial charge in [-0.2, -0.15) is 0 Å². The van der Waals surface area contributed by atoms with Crippen molar-refractivity contribution in [1.29, 1.82) is 0 Å². The van der Waals surface area contributed by atoms with Gasteiger partial charge >= 0.3 is 0 Å². The molecule has 3 heteroatoms. The fraction of sp³-hybridized carbons (Fsp3) is 0.588. The maximum absolute atomic E-state index is 11.6. The van der Waals surface area contributed by atoms with E-state index in [1.54, 1.807) is 7.05 Å². The molecule has 1 aliphatic carbocycles. The van der Waals surface area contributed by atoms with Gasteiger partial charge in [0.25, 0.3) is 5.91 Å². The van der Waals surface area contributed by atoms with Crippen LogP contribution in [0.4, 0.5) is 5.69 Å². The summed E-state index contributed by atoms with van der Waals surface area (Å²) in [6.07, 6.45) is 3.87. The van der Waals surface area contributed by atoms with E-state index in [2.05, 4.69) is 31.4 Å². The number of carbonyl (C=O) groups is 1. The molecule has 3 unspecified atom stereocenters. The van der Waals surface area contributed by atoms with Crippen molar-refractivity contribution in [3.05, 3.63) is 29.3 Å². The van der Waals surface area contributed by atoms with Gasteiger partial charge < -0.3 is 10.6 Å². The molecule has 1 aromatic rings. The fourth-order valence-corrected chi connectivity index (χ4v) is 3.04. The first kappa shape index (κ1) is 14.9. The molecular formula is C17H26N2O. The van der Waals surface area contributed by atoms with Crippen LogP contribution in [0.15, 0.2) is 18.2 Å². The van der Waals surface area contributed by atoms with E-state index < -0.39 is 0 Å². The maximum Gasteiger partial charge on any atom is 0.251 e. The average molecular weight is 274 g/mol. The van der Waals surface area contributed by atoms with E-state index in [1.807, 2.05) is 18.2 Å². The zero-order chi connectivity index (χ0) is 14.7. The smallest absolute Gasteiger partial charge is 0.251 e. The van der Waals surface area contributed by atoms with Crippen molar-refractivity contribution < 1.29 is 4.79 Å². The summed E-state index contributed by atoms with van der Waals surface area (Å²) in [5.74, 6) is 1.48. The van der Waals surface area contributed by atoms with Crippen molar-refractivity contribution in [3.63, 3.8) is 0 Å². The minimum Gasteiger partial charge on any atom is -0.382 e. The van der Waals surface area contributed by atoms with Crippen LogP contribution in [0.25, 0.3) is 0 Å². The SMILES string of the molecule is CNC(=O)c1ccc(NC2CC(C)CCC2C)c(C)c1. The molecule has 1 aromatic carbocycles. The molecule has 1 saturated carbocycles. The fourth-order valence-electron chi connectivity index (χ4n) is 3.04. The molecule has 0 aromatic heterocycles. The molecule has 0 heterocycles. The number of hydrogen-bond donors (Lipinski definition) is 2. The first-order valence-corrected chi connectivity index (χ1v) is 7.60. The van der Waals surface area contributed by atoms with E-state index in [0.717, 1.165) is 22.7 Å². The highest BCUT2D eigenvalue weighted by molar-refractivity contribution is 5.94. The number of anilines is 1. The van der Waals surface area contributed by atoms with E-state index in [4.69, 9.17) is 0 Å². The normalized spacial score (nSPS) is 26.1. The largest absolute Gasteiger partial charge is 0.382 e. The standard InChI is InChI=1S/C17H26N2O/c1-11-5-6-12(2)16(9-11)19-15-8-7-14(10-13(15)3)17(20)18-4/h7-8,10-12,16,19H,5-6,9H2,1-4H3,(H,18,20). The number of hydrogen-bond acceptors (Lipinski definition) is 2. The number of benzene rings is 1. The molecular weight excluding hydrogens is 248 g/mol. The summed E-state index contributed by atoms with van der Waals surface area (Å²) in [5.41, 5.74) is 3.01. The predicted octanol–water partition coefficient (Wildman–Crippen LogP) is 3.59. The molecule has 0 saturated heterocycles. The molecule has 0 bridgehead atoms. The minimum absolute atomic E-state index is 0.0284. The molecule has 0 aliphatic heterocycles. The van der Waals surface area contributed by atoms with E-state index >= 15 is 0 Å². The zero-order valence-corrected chi connectivity index (χ0v) is 13.0. The van der Waals surface area contributed by atoms with E-state index in [9.17, 15) is 4.79 Å². The monoisotopic (exact) mass is 274 g/mol. The molecule has 0 spiro atoms. The topological polar surface area (TPSA) is 41.1 Å². The Bertz CT molecular complexity index is 484. The van der Waals surface area contributed by atoms with Crippen molar-refractivity contribution in [2.45, 2.75) is 46.1 Å². The first-order chi connectivity index (χ1) is 9.51. The van der Waals surface area contributed by atoms with Crippen LogP contribution in [-0.4, -0.2) is 19.0 Å². The molecule has 2 N–H and O–H groups in total. The number of carbonyl (C=O) groups excluding carboxylic acids is 1.